The molecule has 15 heavy (non-hydrogen) atoms. The minimum atomic E-state index is 0.500. The zero-order valence-electron chi connectivity index (χ0n) is 8.89. The maximum atomic E-state index is 10.9. The zero-order valence-corrected chi connectivity index (χ0v) is 8.89. The second-order valence-electron chi connectivity index (χ2n) is 4.91. The second kappa shape index (κ2) is 3.15. The Kier molecular flexibility index (Phi) is 1.90. The summed E-state index contributed by atoms with van der Waals surface area (Å²) in [6.07, 6.45) is 5.60. The van der Waals surface area contributed by atoms with Crippen LogP contribution in [0, 0.1) is 11.8 Å². The largest absolute Gasteiger partial charge is 0.296 e. The van der Waals surface area contributed by atoms with Crippen molar-refractivity contribution in [1.82, 2.24) is 15.0 Å². The van der Waals surface area contributed by atoms with E-state index in [4.69, 9.17) is 0 Å². The third-order valence-electron chi connectivity index (χ3n) is 3.49. The lowest BCUT2D eigenvalue weighted by molar-refractivity contribution is 0.111. The molecule has 2 atom stereocenters. The van der Waals surface area contributed by atoms with Gasteiger partial charge < -0.3 is 0 Å². The van der Waals surface area contributed by atoms with E-state index < -0.39 is 0 Å². The van der Waals surface area contributed by atoms with Crippen LogP contribution in [-0.2, 0) is 6.42 Å². The lowest BCUT2D eigenvalue weighted by atomic mass is 10.2. The molecule has 2 fully saturated rings. The summed E-state index contributed by atoms with van der Waals surface area (Å²) < 4.78 is 1.99. The van der Waals surface area contributed by atoms with Crippen molar-refractivity contribution in [2.75, 3.05) is 0 Å². The van der Waals surface area contributed by atoms with Gasteiger partial charge in [0.25, 0.3) is 0 Å². The maximum Gasteiger partial charge on any atom is 0.172 e. The van der Waals surface area contributed by atoms with Crippen LogP contribution in [0.2, 0.25) is 0 Å². The monoisotopic (exact) mass is 205 g/mol. The van der Waals surface area contributed by atoms with E-state index in [1.165, 1.54) is 19.3 Å². The summed E-state index contributed by atoms with van der Waals surface area (Å²) in [5.74, 6) is 1.47. The molecule has 80 valence electrons. The Bertz CT molecular complexity index is 395. The van der Waals surface area contributed by atoms with Gasteiger partial charge in [0.1, 0.15) is 5.69 Å². The number of carbonyl (C=O) groups excluding carboxylic acids is 1. The minimum absolute atomic E-state index is 0.500. The van der Waals surface area contributed by atoms with Crippen molar-refractivity contribution in [3.63, 3.8) is 0 Å². The Morgan fingerprint density at radius 3 is 2.80 bits per heavy atom. The predicted molar refractivity (Wildman–Crippen MR) is 54.7 cm³/mol. The van der Waals surface area contributed by atoms with E-state index in [-0.39, 0.29) is 0 Å². The average molecular weight is 205 g/mol. The highest BCUT2D eigenvalue weighted by molar-refractivity contribution is 5.73. The number of carbonyl (C=O) groups is 1. The number of hydrogen-bond donors (Lipinski definition) is 0. The first-order chi connectivity index (χ1) is 7.29. The summed E-state index contributed by atoms with van der Waals surface area (Å²) in [4.78, 5) is 10.9. The first-order valence-corrected chi connectivity index (χ1v) is 5.69. The highest BCUT2D eigenvalue weighted by atomic mass is 16.1. The standard InChI is InChI=1S/C11H15N3O/c1-7-4-10(7)14-11(5-8-2-3-8)9(6-15)12-13-14/h6-8,10H,2-5H2,1H3. The van der Waals surface area contributed by atoms with E-state index >= 15 is 0 Å². The number of hydrogen-bond acceptors (Lipinski definition) is 3. The van der Waals surface area contributed by atoms with Crippen LogP contribution in [0.15, 0.2) is 0 Å². The molecule has 1 heterocycles. The summed E-state index contributed by atoms with van der Waals surface area (Å²) in [6.45, 7) is 2.22. The molecular weight excluding hydrogens is 190 g/mol. The van der Waals surface area contributed by atoms with E-state index in [0.29, 0.717) is 17.7 Å². The summed E-state index contributed by atoms with van der Waals surface area (Å²) >= 11 is 0. The van der Waals surface area contributed by atoms with Gasteiger partial charge in [0, 0.05) is 0 Å². The Morgan fingerprint density at radius 1 is 1.53 bits per heavy atom. The molecule has 1 aromatic heterocycles. The normalized spacial score (nSPS) is 29.1. The first-order valence-electron chi connectivity index (χ1n) is 5.69. The predicted octanol–water partition coefficient (Wildman–Crippen LogP) is 1.62. The van der Waals surface area contributed by atoms with Gasteiger partial charge in [-0.1, -0.05) is 12.1 Å². The molecule has 3 rings (SSSR count). The fraction of sp³-hybridized carbons (Fsp3) is 0.727. The van der Waals surface area contributed by atoms with Crippen LogP contribution in [0.25, 0.3) is 0 Å². The molecular formula is C11H15N3O. The van der Waals surface area contributed by atoms with Crippen molar-refractivity contribution in [3.8, 4) is 0 Å². The van der Waals surface area contributed by atoms with E-state index in [1.807, 2.05) is 4.68 Å². The molecule has 0 saturated heterocycles. The highest BCUT2D eigenvalue weighted by Crippen LogP contribution is 2.44. The van der Waals surface area contributed by atoms with Crippen LogP contribution in [0.4, 0.5) is 0 Å². The third-order valence-corrected chi connectivity index (χ3v) is 3.49. The van der Waals surface area contributed by atoms with Gasteiger partial charge >= 0.3 is 0 Å². The lowest BCUT2D eigenvalue weighted by Crippen LogP contribution is -2.06. The Morgan fingerprint density at radius 2 is 2.27 bits per heavy atom. The molecule has 1 aromatic rings. The highest BCUT2D eigenvalue weighted by Gasteiger charge is 2.38. The fourth-order valence-corrected chi connectivity index (χ4v) is 2.12. The molecule has 2 unspecified atom stereocenters. The summed E-state index contributed by atoms with van der Waals surface area (Å²) in [6, 6.07) is 0.500. The van der Waals surface area contributed by atoms with Gasteiger partial charge in [-0.25, -0.2) is 4.68 Å². The topological polar surface area (TPSA) is 47.8 Å². The number of aldehydes is 1. The van der Waals surface area contributed by atoms with Gasteiger partial charge in [-0.15, -0.1) is 5.10 Å². The molecule has 4 heteroatoms. The van der Waals surface area contributed by atoms with Crippen LogP contribution >= 0.6 is 0 Å². The van der Waals surface area contributed by atoms with Gasteiger partial charge in [-0.3, -0.25) is 4.79 Å². The molecule has 0 aliphatic heterocycles. The first kappa shape index (κ1) is 9.07. The molecule has 0 N–H and O–H groups in total. The molecule has 0 amide bonds. The summed E-state index contributed by atoms with van der Waals surface area (Å²) in [7, 11) is 0. The van der Waals surface area contributed by atoms with Crippen molar-refractivity contribution < 1.29 is 4.79 Å². The molecule has 4 nitrogen and oxygen atoms in total. The van der Waals surface area contributed by atoms with Crippen LogP contribution < -0.4 is 0 Å². The maximum absolute atomic E-state index is 10.9. The number of nitrogens with zero attached hydrogens (tertiary/aromatic N) is 3. The molecule has 0 radical (unpaired) electrons. The third kappa shape index (κ3) is 1.58. The molecule has 0 spiro atoms. The van der Waals surface area contributed by atoms with Crippen molar-refractivity contribution in [2.24, 2.45) is 11.8 Å². The van der Waals surface area contributed by atoms with Crippen molar-refractivity contribution >= 4 is 6.29 Å². The Labute approximate surface area is 88.7 Å². The van der Waals surface area contributed by atoms with E-state index in [1.54, 1.807) is 0 Å². The van der Waals surface area contributed by atoms with E-state index in [0.717, 1.165) is 24.3 Å². The minimum Gasteiger partial charge on any atom is -0.296 e. The Balaban J connectivity index is 1.90. The van der Waals surface area contributed by atoms with E-state index in [2.05, 4.69) is 17.2 Å². The molecule has 2 saturated carbocycles. The van der Waals surface area contributed by atoms with Crippen LogP contribution in [-0.4, -0.2) is 21.3 Å². The molecule has 0 aromatic carbocycles. The van der Waals surface area contributed by atoms with Crippen molar-refractivity contribution in [2.45, 2.75) is 38.6 Å². The Hall–Kier alpha value is -1.19. The fourth-order valence-electron chi connectivity index (χ4n) is 2.12. The SMILES string of the molecule is CC1CC1n1nnc(C=O)c1CC1CC1. The van der Waals surface area contributed by atoms with Gasteiger partial charge in [0.2, 0.25) is 0 Å². The van der Waals surface area contributed by atoms with Crippen molar-refractivity contribution in [1.29, 1.82) is 0 Å². The van der Waals surface area contributed by atoms with E-state index in [9.17, 15) is 4.79 Å². The van der Waals surface area contributed by atoms with Crippen molar-refractivity contribution in [3.05, 3.63) is 11.4 Å². The summed E-state index contributed by atoms with van der Waals surface area (Å²) in [5.41, 5.74) is 1.63. The van der Waals surface area contributed by atoms with Gasteiger partial charge in [-0.05, 0) is 37.5 Å². The number of aromatic nitrogens is 3. The smallest absolute Gasteiger partial charge is 0.172 e. The van der Waals surface area contributed by atoms with Crippen LogP contribution in [0.1, 0.15) is 48.4 Å². The van der Waals surface area contributed by atoms with Crippen LogP contribution in [0.3, 0.4) is 0 Å². The molecule has 0 bridgehead atoms. The quantitative estimate of drug-likeness (QED) is 0.702. The van der Waals surface area contributed by atoms with Crippen LogP contribution in [0.5, 0.6) is 0 Å². The lowest BCUT2D eigenvalue weighted by Gasteiger charge is -2.04. The number of rotatable bonds is 4. The zero-order chi connectivity index (χ0) is 10.4. The molecule has 2 aliphatic rings. The summed E-state index contributed by atoms with van der Waals surface area (Å²) in [5, 5.41) is 8.07. The molecule has 2 aliphatic carbocycles. The van der Waals surface area contributed by atoms with Gasteiger partial charge in [0.15, 0.2) is 6.29 Å². The van der Waals surface area contributed by atoms with Gasteiger partial charge in [-0.2, -0.15) is 0 Å². The van der Waals surface area contributed by atoms with Gasteiger partial charge in [0.05, 0.1) is 11.7 Å². The average Bonchev–Trinajstić information content (AvgIpc) is 3.10. The second-order valence-corrected chi connectivity index (χ2v) is 4.91.